The van der Waals surface area contributed by atoms with Gasteiger partial charge in [0, 0.05) is 18.8 Å². The van der Waals surface area contributed by atoms with E-state index in [2.05, 4.69) is 12.2 Å². The van der Waals surface area contributed by atoms with Crippen molar-refractivity contribution in [1.82, 2.24) is 4.90 Å². The quantitative estimate of drug-likeness (QED) is 0.865. The number of carbonyl (C=O) groups is 2. The molecule has 1 saturated carbocycles. The van der Waals surface area contributed by atoms with Crippen LogP contribution in [-0.4, -0.2) is 29.8 Å². The van der Waals surface area contributed by atoms with Gasteiger partial charge in [0.25, 0.3) is 0 Å². The number of benzene rings is 1. The third-order valence-corrected chi connectivity index (χ3v) is 4.61. The maximum absolute atomic E-state index is 12.5. The first-order valence-corrected chi connectivity index (χ1v) is 7.85. The summed E-state index contributed by atoms with van der Waals surface area (Å²) in [5.41, 5.74) is 1.23. The zero-order valence-corrected chi connectivity index (χ0v) is 12.5. The Balaban J connectivity index is 1.67. The summed E-state index contributed by atoms with van der Waals surface area (Å²) in [4.78, 5) is 26.9. The first kappa shape index (κ1) is 14.1. The van der Waals surface area contributed by atoms with E-state index in [-0.39, 0.29) is 11.8 Å². The second-order valence-electron chi connectivity index (χ2n) is 6.09. The van der Waals surface area contributed by atoms with Gasteiger partial charge in [-0.3, -0.25) is 9.59 Å². The van der Waals surface area contributed by atoms with Gasteiger partial charge in [-0.05, 0) is 49.8 Å². The molecule has 4 heteroatoms. The number of anilines is 1. The predicted molar refractivity (Wildman–Crippen MR) is 81.9 cm³/mol. The summed E-state index contributed by atoms with van der Waals surface area (Å²) in [5, 5.41) is 2.91. The van der Waals surface area contributed by atoms with E-state index in [0.29, 0.717) is 12.8 Å². The fourth-order valence-electron chi connectivity index (χ4n) is 2.96. The highest BCUT2D eigenvalue weighted by atomic mass is 16.2. The topological polar surface area (TPSA) is 49.4 Å². The summed E-state index contributed by atoms with van der Waals surface area (Å²) < 4.78 is 0. The van der Waals surface area contributed by atoms with Gasteiger partial charge in [0.2, 0.25) is 11.8 Å². The maximum Gasteiger partial charge on any atom is 0.240 e. The third-order valence-electron chi connectivity index (χ3n) is 4.61. The van der Waals surface area contributed by atoms with Crippen LogP contribution in [0.1, 0.15) is 38.2 Å². The Morgan fingerprint density at radius 2 is 1.76 bits per heavy atom. The SMILES string of the molecule is CCc1ccc(NC(=O)C2(C(=O)N3CCCC3)CC2)cc1. The summed E-state index contributed by atoms with van der Waals surface area (Å²) in [6.45, 7) is 3.71. The van der Waals surface area contributed by atoms with E-state index in [1.807, 2.05) is 29.2 Å². The van der Waals surface area contributed by atoms with Crippen LogP contribution in [0.2, 0.25) is 0 Å². The fourth-order valence-corrected chi connectivity index (χ4v) is 2.96. The Kier molecular flexibility index (Phi) is 3.70. The summed E-state index contributed by atoms with van der Waals surface area (Å²) in [6.07, 6.45) is 4.46. The molecule has 1 saturated heterocycles. The molecule has 2 aliphatic rings. The lowest BCUT2D eigenvalue weighted by Gasteiger charge is -2.22. The molecule has 0 spiro atoms. The smallest absolute Gasteiger partial charge is 0.240 e. The van der Waals surface area contributed by atoms with Crippen LogP contribution in [0.25, 0.3) is 0 Å². The Bertz CT molecular complexity index is 540. The third kappa shape index (κ3) is 2.67. The van der Waals surface area contributed by atoms with Gasteiger partial charge in [0.15, 0.2) is 0 Å². The summed E-state index contributed by atoms with van der Waals surface area (Å²) in [5.74, 6) is -0.105. The van der Waals surface area contributed by atoms with Crippen LogP contribution >= 0.6 is 0 Å². The number of hydrogen-bond acceptors (Lipinski definition) is 2. The largest absolute Gasteiger partial charge is 0.342 e. The number of carbonyl (C=O) groups excluding carboxylic acids is 2. The van der Waals surface area contributed by atoms with Crippen molar-refractivity contribution >= 4 is 17.5 Å². The highest BCUT2D eigenvalue weighted by Crippen LogP contribution is 2.48. The van der Waals surface area contributed by atoms with Gasteiger partial charge in [-0.2, -0.15) is 0 Å². The van der Waals surface area contributed by atoms with Crippen molar-refractivity contribution in [2.45, 2.75) is 39.0 Å². The molecule has 0 aromatic heterocycles. The zero-order valence-electron chi connectivity index (χ0n) is 12.5. The van der Waals surface area contributed by atoms with Gasteiger partial charge < -0.3 is 10.2 Å². The van der Waals surface area contributed by atoms with Gasteiger partial charge in [0.1, 0.15) is 5.41 Å². The monoisotopic (exact) mass is 286 g/mol. The van der Waals surface area contributed by atoms with Crippen LogP contribution in [-0.2, 0) is 16.0 Å². The standard InChI is InChI=1S/C17H22N2O2/c1-2-13-5-7-14(8-6-13)18-15(20)17(9-10-17)16(21)19-11-3-4-12-19/h5-8H,2-4,9-12H2,1H3,(H,18,20). The van der Waals surface area contributed by atoms with E-state index >= 15 is 0 Å². The van der Waals surface area contributed by atoms with Crippen molar-refractivity contribution in [3.63, 3.8) is 0 Å². The highest BCUT2D eigenvalue weighted by Gasteiger charge is 2.58. The lowest BCUT2D eigenvalue weighted by molar-refractivity contribution is -0.141. The molecule has 0 unspecified atom stereocenters. The molecule has 1 aromatic carbocycles. The van der Waals surface area contributed by atoms with Crippen molar-refractivity contribution < 1.29 is 9.59 Å². The molecule has 2 fully saturated rings. The maximum atomic E-state index is 12.5. The number of aryl methyl sites for hydroxylation is 1. The second-order valence-corrected chi connectivity index (χ2v) is 6.09. The van der Waals surface area contributed by atoms with E-state index in [4.69, 9.17) is 0 Å². The van der Waals surface area contributed by atoms with Gasteiger partial charge in [0.05, 0.1) is 0 Å². The molecule has 4 nitrogen and oxygen atoms in total. The summed E-state index contributed by atoms with van der Waals surface area (Å²) in [6, 6.07) is 7.84. The molecule has 1 aromatic rings. The molecule has 112 valence electrons. The number of amides is 2. The van der Waals surface area contributed by atoms with Gasteiger partial charge in [-0.25, -0.2) is 0 Å². The second kappa shape index (κ2) is 5.51. The normalized spacial score (nSPS) is 19.4. The minimum Gasteiger partial charge on any atom is -0.342 e. The van der Waals surface area contributed by atoms with E-state index in [1.165, 1.54) is 5.56 Å². The van der Waals surface area contributed by atoms with Crippen LogP contribution < -0.4 is 5.32 Å². The van der Waals surface area contributed by atoms with Crippen molar-refractivity contribution in [3.8, 4) is 0 Å². The van der Waals surface area contributed by atoms with Crippen molar-refractivity contribution in [3.05, 3.63) is 29.8 Å². The van der Waals surface area contributed by atoms with Crippen molar-refractivity contribution in [2.75, 3.05) is 18.4 Å². The van der Waals surface area contributed by atoms with Crippen LogP contribution in [0, 0.1) is 5.41 Å². The minimum atomic E-state index is -0.784. The van der Waals surface area contributed by atoms with Crippen LogP contribution in [0.5, 0.6) is 0 Å². The molecule has 1 aliphatic carbocycles. The molecule has 21 heavy (non-hydrogen) atoms. The number of nitrogens with zero attached hydrogens (tertiary/aromatic N) is 1. The van der Waals surface area contributed by atoms with E-state index < -0.39 is 5.41 Å². The minimum absolute atomic E-state index is 0.0303. The van der Waals surface area contributed by atoms with Crippen LogP contribution in [0.4, 0.5) is 5.69 Å². The predicted octanol–water partition coefficient (Wildman–Crippen LogP) is 2.59. The number of likely N-dealkylation sites (tertiary alicyclic amines) is 1. The lowest BCUT2D eigenvalue weighted by atomic mass is 10.0. The molecule has 0 bridgehead atoms. The Labute approximate surface area is 125 Å². The average Bonchev–Trinajstić information content (AvgIpc) is 3.15. The number of rotatable bonds is 4. The first-order chi connectivity index (χ1) is 10.2. The average molecular weight is 286 g/mol. The highest BCUT2D eigenvalue weighted by molar-refractivity contribution is 6.13. The molecule has 0 atom stereocenters. The molecule has 1 aliphatic heterocycles. The van der Waals surface area contributed by atoms with Crippen molar-refractivity contribution in [1.29, 1.82) is 0 Å². The van der Waals surface area contributed by atoms with Crippen molar-refractivity contribution in [2.24, 2.45) is 5.41 Å². The van der Waals surface area contributed by atoms with E-state index in [0.717, 1.165) is 38.0 Å². The van der Waals surface area contributed by atoms with E-state index in [1.54, 1.807) is 0 Å². The Morgan fingerprint density at radius 3 is 2.29 bits per heavy atom. The molecule has 0 radical (unpaired) electrons. The van der Waals surface area contributed by atoms with Crippen LogP contribution in [0.15, 0.2) is 24.3 Å². The molecule has 3 rings (SSSR count). The molecular weight excluding hydrogens is 264 g/mol. The van der Waals surface area contributed by atoms with E-state index in [9.17, 15) is 9.59 Å². The first-order valence-electron chi connectivity index (χ1n) is 7.85. The summed E-state index contributed by atoms with van der Waals surface area (Å²) >= 11 is 0. The molecule has 1 heterocycles. The van der Waals surface area contributed by atoms with Gasteiger partial charge in [-0.15, -0.1) is 0 Å². The number of hydrogen-bond donors (Lipinski definition) is 1. The lowest BCUT2D eigenvalue weighted by Crippen LogP contribution is -2.41. The fraction of sp³-hybridized carbons (Fsp3) is 0.529. The molecular formula is C17H22N2O2. The van der Waals surface area contributed by atoms with Gasteiger partial charge in [-0.1, -0.05) is 19.1 Å². The molecule has 2 amide bonds. The Morgan fingerprint density at radius 1 is 1.14 bits per heavy atom. The number of nitrogens with one attached hydrogen (secondary N) is 1. The van der Waals surface area contributed by atoms with Crippen LogP contribution in [0.3, 0.4) is 0 Å². The van der Waals surface area contributed by atoms with Gasteiger partial charge >= 0.3 is 0 Å². The molecule has 1 N–H and O–H groups in total. The zero-order chi connectivity index (χ0) is 14.9. The Hall–Kier alpha value is -1.84. The summed E-state index contributed by atoms with van der Waals surface area (Å²) in [7, 11) is 0.